The van der Waals surface area contributed by atoms with E-state index in [1.54, 1.807) is 0 Å². The van der Waals surface area contributed by atoms with Gasteiger partial charge in [0.15, 0.2) is 0 Å². The van der Waals surface area contributed by atoms with Gasteiger partial charge in [0.2, 0.25) is 0 Å². The van der Waals surface area contributed by atoms with Gasteiger partial charge >= 0.3 is 0 Å². The van der Waals surface area contributed by atoms with Crippen LogP contribution in [0.25, 0.3) is 0 Å². The van der Waals surface area contributed by atoms with Crippen LogP contribution in [0.2, 0.25) is 0 Å². The van der Waals surface area contributed by atoms with Crippen molar-refractivity contribution in [1.29, 1.82) is 5.26 Å². The molecule has 0 bridgehead atoms. The monoisotopic (exact) mass is 238 g/mol. The molecular formula is C10H11BrN2. The number of benzene rings is 1. The number of nitrogens with two attached hydrogens (primary N) is 1. The zero-order valence-corrected chi connectivity index (χ0v) is 8.79. The van der Waals surface area contributed by atoms with Gasteiger partial charge in [0.1, 0.15) is 0 Å². The number of hydrogen-bond donors (Lipinski definition) is 1. The quantitative estimate of drug-likeness (QED) is 0.879. The summed E-state index contributed by atoms with van der Waals surface area (Å²) in [5, 5.41) is 8.50. The molecule has 0 heterocycles. The van der Waals surface area contributed by atoms with Crippen molar-refractivity contribution in [3.63, 3.8) is 0 Å². The molecule has 1 aromatic carbocycles. The second kappa shape index (κ2) is 5.00. The summed E-state index contributed by atoms with van der Waals surface area (Å²) in [7, 11) is 0. The van der Waals surface area contributed by atoms with E-state index < -0.39 is 0 Å². The Kier molecular flexibility index (Phi) is 3.94. The van der Waals surface area contributed by atoms with Crippen LogP contribution in [0.3, 0.4) is 0 Å². The van der Waals surface area contributed by atoms with Gasteiger partial charge < -0.3 is 5.73 Å². The summed E-state index contributed by atoms with van der Waals surface area (Å²) in [6.45, 7) is 0. The molecule has 0 aromatic heterocycles. The number of hydrogen-bond acceptors (Lipinski definition) is 2. The number of nitriles is 1. The summed E-state index contributed by atoms with van der Waals surface area (Å²) >= 11 is 3.44. The summed E-state index contributed by atoms with van der Waals surface area (Å²) < 4.78 is 1.08. The number of rotatable bonds is 3. The molecule has 1 unspecified atom stereocenters. The van der Waals surface area contributed by atoms with E-state index in [2.05, 4.69) is 15.9 Å². The molecule has 0 fully saturated rings. The predicted octanol–water partition coefficient (Wildman–Crippen LogP) is 2.23. The van der Waals surface area contributed by atoms with Crippen LogP contribution < -0.4 is 5.73 Å². The van der Waals surface area contributed by atoms with E-state index >= 15 is 0 Å². The van der Waals surface area contributed by atoms with Crippen LogP contribution in [0, 0.1) is 11.3 Å². The van der Waals surface area contributed by atoms with Crippen molar-refractivity contribution in [2.24, 2.45) is 5.73 Å². The minimum atomic E-state index is -0.355. The standard InChI is InChI=1S/C10H11BrN2/c11-10-4-2-1-3-8(10)5-6-9(13)7-12/h1-4,9H,5-6,13H2. The van der Waals surface area contributed by atoms with Crippen molar-refractivity contribution >= 4 is 15.9 Å². The third kappa shape index (κ3) is 3.17. The molecule has 0 aliphatic carbocycles. The van der Waals surface area contributed by atoms with E-state index in [4.69, 9.17) is 11.0 Å². The second-order valence-electron chi connectivity index (χ2n) is 2.87. The third-order valence-electron chi connectivity index (χ3n) is 1.85. The van der Waals surface area contributed by atoms with Crippen molar-refractivity contribution in [1.82, 2.24) is 0 Å². The molecular weight excluding hydrogens is 228 g/mol. The Bertz CT molecular complexity index is 317. The lowest BCUT2D eigenvalue weighted by Crippen LogP contribution is -2.17. The summed E-state index contributed by atoms with van der Waals surface area (Å²) in [6.07, 6.45) is 1.55. The first-order valence-corrected chi connectivity index (χ1v) is 4.92. The maximum absolute atomic E-state index is 8.50. The fraction of sp³-hybridized carbons (Fsp3) is 0.300. The lowest BCUT2D eigenvalue weighted by molar-refractivity contribution is 0.729. The minimum Gasteiger partial charge on any atom is -0.316 e. The first-order valence-electron chi connectivity index (χ1n) is 4.12. The molecule has 0 aliphatic heterocycles. The lowest BCUT2D eigenvalue weighted by Gasteiger charge is -2.04. The molecule has 13 heavy (non-hydrogen) atoms. The minimum absolute atomic E-state index is 0.355. The zero-order valence-electron chi connectivity index (χ0n) is 7.20. The van der Waals surface area contributed by atoms with Crippen LogP contribution in [0.5, 0.6) is 0 Å². The topological polar surface area (TPSA) is 49.8 Å². The van der Waals surface area contributed by atoms with Crippen molar-refractivity contribution < 1.29 is 0 Å². The van der Waals surface area contributed by atoms with Crippen LogP contribution >= 0.6 is 15.9 Å². The predicted molar refractivity (Wildman–Crippen MR) is 56.1 cm³/mol. The lowest BCUT2D eigenvalue weighted by atomic mass is 10.1. The molecule has 0 saturated carbocycles. The van der Waals surface area contributed by atoms with Crippen LogP contribution in [0.1, 0.15) is 12.0 Å². The van der Waals surface area contributed by atoms with Gasteiger partial charge in [0, 0.05) is 4.47 Å². The first kappa shape index (κ1) is 10.2. The number of nitrogens with zero attached hydrogens (tertiary/aromatic N) is 1. The van der Waals surface area contributed by atoms with Crippen LogP contribution in [-0.4, -0.2) is 6.04 Å². The van der Waals surface area contributed by atoms with Gasteiger partial charge in [-0.25, -0.2) is 0 Å². The molecule has 2 nitrogen and oxygen atoms in total. The zero-order chi connectivity index (χ0) is 9.68. The van der Waals surface area contributed by atoms with E-state index in [0.717, 1.165) is 10.9 Å². The average Bonchev–Trinajstić information content (AvgIpc) is 2.16. The molecule has 0 amide bonds. The molecule has 1 rings (SSSR count). The maximum Gasteiger partial charge on any atom is 0.0931 e. The third-order valence-corrected chi connectivity index (χ3v) is 2.62. The van der Waals surface area contributed by atoms with Gasteiger partial charge in [-0.3, -0.25) is 0 Å². The fourth-order valence-electron chi connectivity index (χ4n) is 1.08. The Morgan fingerprint density at radius 3 is 2.77 bits per heavy atom. The Hall–Kier alpha value is -0.850. The highest BCUT2D eigenvalue weighted by molar-refractivity contribution is 9.10. The van der Waals surface area contributed by atoms with Crippen molar-refractivity contribution in [3.8, 4) is 6.07 Å². The Balaban J connectivity index is 2.56. The molecule has 2 N–H and O–H groups in total. The van der Waals surface area contributed by atoms with Crippen molar-refractivity contribution in [2.45, 2.75) is 18.9 Å². The van der Waals surface area contributed by atoms with Gasteiger partial charge in [-0.2, -0.15) is 5.26 Å². The van der Waals surface area contributed by atoms with Crippen LogP contribution in [0.15, 0.2) is 28.7 Å². The number of aryl methyl sites for hydroxylation is 1. The highest BCUT2D eigenvalue weighted by Crippen LogP contribution is 2.17. The largest absolute Gasteiger partial charge is 0.316 e. The first-order chi connectivity index (χ1) is 6.24. The average molecular weight is 239 g/mol. The normalized spacial score (nSPS) is 12.1. The van der Waals surface area contributed by atoms with Gasteiger partial charge in [-0.15, -0.1) is 0 Å². The Morgan fingerprint density at radius 1 is 1.46 bits per heavy atom. The summed E-state index contributed by atoms with van der Waals surface area (Å²) in [6, 6.07) is 9.65. The molecule has 3 heteroatoms. The van der Waals surface area contributed by atoms with E-state index in [1.807, 2.05) is 30.3 Å². The molecule has 0 radical (unpaired) electrons. The molecule has 0 spiro atoms. The van der Waals surface area contributed by atoms with Gasteiger partial charge in [0.25, 0.3) is 0 Å². The molecule has 68 valence electrons. The van der Waals surface area contributed by atoms with Gasteiger partial charge in [0.05, 0.1) is 12.1 Å². The van der Waals surface area contributed by atoms with Crippen LogP contribution in [-0.2, 0) is 6.42 Å². The van der Waals surface area contributed by atoms with E-state index in [-0.39, 0.29) is 6.04 Å². The van der Waals surface area contributed by atoms with Gasteiger partial charge in [-0.05, 0) is 24.5 Å². The maximum atomic E-state index is 8.50. The summed E-state index contributed by atoms with van der Waals surface area (Å²) in [5.41, 5.74) is 6.70. The highest BCUT2D eigenvalue weighted by atomic mass is 79.9. The molecule has 1 atom stereocenters. The van der Waals surface area contributed by atoms with Crippen molar-refractivity contribution in [2.75, 3.05) is 0 Å². The Morgan fingerprint density at radius 2 is 2.15 bits per heavy atom. The SMILES string of the molecule is N#CC(N)CCc1ccccc1Br. The van der Waals surface area contributed by atoms with Crippen LogP contribution in [0.4, 0.5) is 0 Å². The smallest absolute Gasteiger partial charge is 0.0931 e. The van der Waals surface area contributed by atoms with E-state index in [9.17, 15) is 0 Å². The molecule has 1 aromatic rings. The number of halogens is 1. The van der Waals surface area contributed by atoms with Crippen molar-refractivity contribution in [3.05, 3.63) is 34.3 Å². The fourth-order valence-corrected chi connectivity index (χ4v) is 1.56. The highest BCUT2D eigenvalue weighted by Gasteiger charge is 2.02. The van der Waals surface area contributed by atoms with E-state index in [1.165, 1.54) is 5.56 Å². The Labute approximate surface area is 86.5 Å². The summed E-state index contributed by atoms with van der Waals surface area (Å²) in [4.78, 5) is 0. The second-order valence-corrected chi connectivity index (χ2v) is 3.72. The van der Waals surface area contributed by atoms with E-state index in [0.29, 0.717) is 6.42 Å². The summed E-state index contributed by atoms with van der Waals surface area (Å²) in [5.74, 6) is 0. The van der Waals surface area contributed by atoms with Gasteiger partial charge in [-0.1, -0.05) is 34.1 Å². The molecule has 0 saturated heterocycles. The molecule has 0 aliphatic rings.